The Morgan fingerprint density at radius 1 is 1.25 bits per heavy atom. The van der Waals surface area contributed by atoms with Gasteiger partial charge in [-0.25, -0.2) is 0 Å². The first-order chi connectivity index (χ1) is 13.7. The fraction of sp³-hybridized carbons (Fsp3) is 0.500. The summed E-state index contributed by atoms with van der Waals surface area (Å²) in [5.41, 5.74) is 0.741. The van der Waals surface area contributed by atoms with Gasteiger partial charge in [0.15, 0.2) is 5.16 Å². The molecule has 1 N–H and O–H groups in total. The lowest BCUT2D eigenvalue weighted by molar-refractivity contribution is -0.118. The predicted molar refractivity (Wildman–Crippen MR) is 111 cm³/mol. The monoisotopic (exact) mass is 399 g/mol. The van der Waals surface area contributed by atoms with Crippen molar-refractivity contribution in [3.8, 4) is 0 Å². The van der Waals surface area contributed by atoms with Crippen LogP contribution in [0.4, 0.5) is 0 Å². The molecule has 1 aliphatic rings. The lowest BCUT2D eigenvalue weighted by atomic mass is 10.2. The SMILES string of the molecule is CCCCCn1c(=O)c2ccccc2n2c(SCC(=O)NCC3CC3)nnc12. The molecule has 1 aromatic carbocycles. The molecule has 0 bridgehead atoms. The van der Waals surface area contributed by atoms with Crippen LogP contribution < -0.4 is 10.9 Å². The van der Waals surface area contributed by atoms with Crippen LogP contribution in [0.2, 0.25) is 0 Å². The number of amides is 1. The van der Waals surface area contributed by atoms with Gasteiger partial charge in [-0.15, -0.1) is 10.2 Å². The molecular formula is C20H25N5O2S. The minimum absolute atomic E-state index is 0.00854. The minimum Gasteiger partial charge on any atom is -0.355 e. The molecule has 28 heavy (non-hydrogen) atoms. The average Bonchev–Trinajstić information content (AvgIpc) is 3.45. The van der Waals surface area contributed by atoms with Crippen molar-refractivity contribution >= 4 is 34.3 Å². The molecule has 3 aromatic rings. The van der Waals surface area contributed by atoms with E-state index in [2.05, 4.69) is 22.4 Å². The third-order valence-corrected chi connectivity index (χ3v) is 6.01. The average molecular weight is 400 g/mol. The van der Waals surface area contributed by atoms with Crippen molar-refractivity contribution < 1.29 is 4.79 Å². The van der Waals surface area contributed by atoms with Crippen LogP contribution in [0.3, 0.4) is 0 Å². The second-order valence-corrected chi connectivity index (χ2v) is 8.28. The molecule has 1 fully saturated rings. The lowest BCUT2D eigenvalue weighted by Gasteiger charge is -2.11. The molecule has 2 aromatic heterocycles. The molecule has 0 spiro atoms. The van der Waals surface area contributed by atoms with E-state index in [1.165, 1.54) is 24.6 Å². The fourth-order valence-corrected chi connectivity index (χ4v) is 4.08. The number of fused-ring (bicyclic) bond motifs is 3. The predicted octanol–water partition coefficient (Wildman–Crippen LogP) is 2.85. The van der Waals surface area contributed by atoms with Crippen LogP contribution in [0.15, 0.2) is 34.2 Å². The summed E-state index contributed by atoms with van der Waals surface area (Å²) < 4.78 is 3.61. The number of hydrogen-bond acceptors (Lipinski definition) is 5. The number of benzene rings is 1. The Labute approximate surface area is 167 Å². The molecule has 4 rings (SSSR count). The van der Waals surface area contributed by atoms with E-state index < -0.39 is 0 Å². The van der Waals surface area contributed by atoms with Gasteiger partial charge in [0.05, 0.1) is 16.7 Å². The molecule has 0 saturated heterocycles. The quantitative estimate of drug-likeness (QED) is 0.442. The van der Waals surface area contributed by atoms with Crippen LogP contribution in [0, 0.1) is 5.92 Å². The summed E-state index contributed by atoms with van der Waals surface area (Å²) in [6.07, 6.45) is 5.49. The highest BCUT2D eigenvalue weighted by atomic mass is 32.2. The molecule has 1 aliphatic carbocycles. The summed E-state index contributed by atoms with van der Waals surface area (Å²) >= 11 is 1.36. The summed E-state index contributed by atoms with van der Waals surface area (Å²) in [5, 5.41) is 12.8. The molecule has 2 heterocycles. The Balaban J connectivity index is 1.65. The Morgan fingerprint density at radius 2 is 2.07 bits per heavy atom. The Morgan fingerprint density at radius 3 is 2.86 bits per heavy atom. The van der Waals surface area contributed by atoms with Gasteiger partial charge in [-0.05, 0) is 37.3 Å². The van der Waals surface area contributed by atoms with Gasteiger partial charge in [0, 0.05) is 13.1 Å². The van der Waals surface area contributed by atoms with Crippen LogP contribution in [0.5, 0.6) is 0 Å². The summed E-state index contributed by atoms with van der Waals surface area (Å²) in [4.78, 5) is 25.1. The largest absolute Gasteiger partial charge is 0.355 e. The number of hydrogen-bond donors (Lipinski definition) is 1. The fourth-order valence-electron chi connectivity index (χ4n) is 3.31. The van der Waals surface area contributed by atoms with E-state index in [0.717, 1.165) is 31.3 Å². The number of carbonyl (C=O) groups is 1. The van der Waals surface area contributed by atoms with Gasteiger partial charge in [0.1, 0.15) is 0 Å². The van der Waals surface area contributed by atoms with E-state index in [1.807, 2.05) is 28.7 Å². The maximum atomic E-state index is 13.0. The van der Waals surface area contributed by atoms with Crippen molar-refractivity contribution in [2.45, 2.75) is 50.7 Å². The second kappa shape index (κ2) is 8.34. The number of aromatic nitrogens is 4. The molecule has 0 aliphatic heterocycles. The molecular weight excluding hydrogens is 374 g/mol. The molecule has 7 nitrogen and oxygen atoms in total. The van der Waals surface area contributed by atoms with Crippen molar-refractivity contribution in [2.24, 2.45) is 5.92 Å². The highest BCUT2D eigenvalue weighted by molar-refractivity contribution is 7.99. The maximum absolute atomic E-state index is 13.0. The molecule has 148 valence electrons. The van der Waals surface area contributed by atoms with Crippen molar-refractivity contribution in [3.63, 3.8) is 0 Å². The summed E-state index contributed by atoms with van der Waals surface area (Å²) in [5.74, 6) is 1.50. The topological polar surface area (TPSA) is 81.3 Å². The van der Waals surface area contributed by atoms with Crippen LogP contribution in [0.1, 0.15) is 39.0 Å². The number of unbranched alkanes of at least 4 members (excludes halogenated alkanes) is 2. The molecule has 0 unspecified atom stereocenters. The van der Waals surface area contributed by atoms with Gasteiger partial charge in [0.25, 0.3) is 5.56 Å². The smallest absolute Gasteiger partial charge is 0.262 e. The molecule has 1 amide bonds. The van der Waals surface area contributed by atoms with Gasteiger partial charge in [-0.2, -0.15) is 0 Å². The van der Waals surface area contributed by atoms with Crippen molar-refractivity contribution in [1.82, 2.24) is 24.5 Å². The van der Waals surface area contributed by atoms with E-state index in [-0.39, 0.29) is 17.2 Å². The van der Waals surface area contributed by atoms with Gasteiger partial charge in [0.2, 0.25) is 11.7 Å². The highest BCUT2D eigenvalue weighted by Gasteiger charge is 2.22. The Bertz CT molecular complexity index is 1050. The van der Waals surface area contributed by atoms with Crippen LogP contribution in [0.25, 0.3) is 16.7 Å². The Kier molecular flexibility index (Phi) is 5.66. The van der Waals surface area contributed by atoms with E-state index >= 15 is 0 Å². The first-order valence-electron chi connectivity index (χ1n) is 9.95. The van der Waals surface area contributed by atoms with Crippen LogP contribution in [-0.2, 0) is 11.3 Å². The van der Waals surface area contributed by atoms with E-state index in [9.17, 15) is 9.59 Å². The maximum Gasteiger partial charge on any atom is 0.262 e. The van der Waals surface area contributed by atoms with E-state index in [1.54, 1.807) is 4.57 Å². The number of carbonyl (C=O) groups excluding carboxylic acids is 1. The zero-order valence-corrected chi connectivity index (χ0v) is 16.9. The Hall–Kier alpha value is -2.35. The zero-order chi connectivity index (χ0) is 19.5. The van der Waals surface area contributed by atoms with Crippen molar-refractivity contribution in [2.75, 3.05) is 12.3 Å². The third-order valence-electron chi connectivity index (χ3n) is 5.08. The van der Waals surface area contributed by atoms with Gasteiger partial charge in [-0.1, -0.05) is 43.7 Å². The van der Waals surface area contributed by atoms with Crippen molar-refractivity contribution in [3.05, 3.63) is 34.6 Å². The number of nitrogens with zero attached hydrogens (tertiary/aromatic N) is 4. The van der Waals surface area contributed by atoms with Gasteiger partial charge >= 0.3 is 0 Å². The normalized spacial score (nSPS) is 14.0. The van der Waals surface area contributed by atoms with E-state index in [0.29, 0.717) is 28.8 Å². The standard InChI is InChI=1S/C20H25N5O2S/c1-2-3-6-11-24-18(27)15-7-4-5-8-16(15)25-19(24)22-23-20(25)28-13-17(26)21-12-14-9-10-14/h4-5,7-8,14H,2-3,6,9-13H2,1H3,(H,21,26). The molecule has 8 heteroatoms. The van der Waals surface area contributed by atoms with Crippen LogP contribution in [-0.4, -0.2) is 37.4 Å². The lowest BCUT2D eigenvalue weighted by Crippen LogP contribution is -2.27. The number of rotatable bonds is 9. The highest BCUT2D eigenvalue weighted by Crippen LogP contribution is 2.27. The second-order valence-electron chi connectivity index (χ2n) is 7.34. The molecule has 1 saturated carbocycles. The molecule has 0 radical (unpaired) electrons. The van der Waals surface area contributed by atoms with Crippen molar-refractivity contribution in [1.29, 1.82) is 0 Å². The first kappa shape index (κ1) is 19.0. The van der Waals surface area contributed by atoms with E-state index in [4.69, 9.17) is 0 Å². The number of para-hydroxylation sites is 1. The summed E-state index contributed by atoms with van der Waals surface area (Å²) in [6, 6.07) is 7.51. The minimum atomic E-state index is -0.0367. The first-order valence-corrected chi connectivity index (χ1v) is 10.9. The summed E-state index contributed by atoms with van der Waals surface area (Å²) in [7, 11) is 0. The number of thioether (sulfide) groups is 1. The van der Waals surface area contributed by atoms with Crippen LogP contribution >= 0.6 is 11.8 Å². The number of nitrogens with one attached hydrogen (secondary N) is 1. The molecule has 0 atom stereocenters. The number of aryl methyl sites for hydroxylation is 1. The van der Waals surface area contributed by atoms with Gasteiger partial charge < -0.3 is 5.32 Å². The zero-order valence-electron chi connectivity index (χ0n) is 16.1. The summed E-state index contributed by atoms with van der Waals surface area (Å²) in [6.45, 7) is 3.52. The third kappa shape index (κ3) is 3.92. The van der Waals surface area contributed by atoms with Gasteiger partial charge in [-0.3, -0.25) is 18.6 Å².